The van der Waals surface area contributed by atoms with Crippen LogP contribution in [0, 0.1) is 0 Å². The zero-order valence-corrected chi connectivity index (χ0v) is 19.6. The molecule has 1 spiro atoms. The maximum absolute atomic E-state index is 12.6. The van der Waals surface area contributed by atoms with Gasteiger partial charge in [0, 0.05) is 36.7 Å². The first-order chi connectivity index (χ1) is 16.7. The predicted molar refractivity (Wildman–Crippen MR) is 122 cm³/mol. The van der Waals surface area contributed by atoms with E-state index >= 15 is 0 Å². The second kappa shape index (κ2) is 8.39. The molecule has 1 fully saturated rings. The predicted octanol–water partition coefficient (Wildman–Crippen LogP) is 0.663. The van der Waals surface area contributed by atoms with E-state index in [9.17, 15) is 19.5 Å². The fourth-order valence-corrected chi connectivity index (χ4v) is 6.23. The number of hydrogen-bond donors (Lipinski definition) is 3. The van der Waals surface area contributed by atoms with Crippen molar-refractivity contribution in [3.8, 4) is 11.5 Å². The Morgan fingerprint density at radius 1 is 1.31 bits per heavy atom. The van der Waals surface area contributed by atoms with E-state index in [2.05, 4.69) is 10.2 Å². The third-order valence-electron chi connectivity index (χ3n) is 7.79. The van der Waals surface area contributed by atoms with Crippen LogP contribution in [0.4, 0.5) is 0 Å². The Labute approximate surface area is 202 Å². The van der Waals surface area contributed by atoms with Gasteiger partial charge in [-0.05, 0) is 44.1 Å². The summed E-state index contributed by atoms with van der Waals surface area (Å²) in [4.78, 5) is 37.1. The minimum Gasteiger partial charge on any atom is -0.493 e. The summed E-state index contributed by atoms with van der Waals surface area (Å²) < 4.78 is 17.6. The Balaban J connectivity index is 1.43. The van der Waals surface area contributed by atoms with Gasteiger partial charge in [0.15, 0.2) is 17.6 Å². The first-order valence-electron chi connectivity index (χ1n) is 11.6. The molecule has 10 nitrogen and oxygen atoms in total. The highest BCUT2D eigenvalue weighted by Gasteiger charge is 2.72. The lowest BCUT2D eigenvalue weighted by Gasteiger charge is -2.61. The molecule has 5 rings (SSSR count). The number of likely N-dealkylation sites (N-methyl/N-ethyl adjacent to an activating group) is 1. The van der Waals surface area contributed by atoms with Crippen LogP contribution >= 0.6 is 0 Å². The molecule has 0 saturated carbocycles. The molecule has 35 heavy (non-hydrogen) atoms. The van der Waals surface area contributed by atoms with Crippen LogP contribution in [0.5, 0.6) is 11.5 Å². The molecule has 2 aliphatic heterocycles. The SMILES string of the molecule is COc1ccc2c3c1OC1C(OC(=O)/C=C/C(=O)NCCC(=O)O)=CC[C@@]4(O)[C@@H](C2)N(C)CCC314. The molecule has 186 valence electrons. The normalized spacial score (nSPS) is 30.2. The lowest BCUT2D eigenvalue weighted by Crippen LogP contribution is -2.74. The number of amides is 1. The van der Waals surface area contributed by atoms with Crippen LogP contribution in [0.2, 0.25) is 0 Å². The summed E-state index contributed by atoms with van der Waals surface area (Å²) >= 11 is 0. The number of carbonyl (C=O) groups excluding carboxylic acids is 2. The first-order valence-corrected chi connectivity index (χ1v) is 11.6. The Kier molecular flexibility index (Phi) is 5.60. The molecule has 2 heterocycles. The Morgan fingerprint density at radius 2 is 2.11 bits per heavy atom. The highest BCUT2D eigenvalue weighted by Crippen LogP contribution is 2.65. The van der Waals surface area contributed by atoms with Crippen LogP contribution in [0.15, 0.2) is 36.1 Å². The molecule has 10 heteroatoms. The largest absolute Gasteiger partial charge is 0.493 e. The molecule has 2 unspecified atom stereocenters. The monoisotopic (exact) mass is 484 g/mol. The fraction of sp³-hybridized carbons (Fsp3) is 0.480. The van der Waals surface area contributed by atoms with Gasteiger partial charge in [-0.25, -0.2) is 4.79 Å². The molecule has 1 amide bonds. The van der Waals surface area contributed by atoms with Gasteiger partial charge < -0.3 is 34.6 Å². The number of esters is 1. The van der Waals surface area contributed by atoms with Crippen LogP contribution in [0.1, 0.15) is 30.4 Å². The van der Waals surface area contributed by atoms with Crippen LogP contribution in [-0.2, 0) is 31.0 Å². The fourth-order valence-electron chi connectivity index (χ4n) is 6.23. The maximum atomic E-state index is 12.6. The molecule has 0 aromatic heterocycles. The van der Waals surface area contributed by atoms with E-state index in [1.54, 1.807) is 13.2 Å². The topological polar surface area (TPSA) is 135 Å². The average Bonchev–Trinajstić information content (AvgIpc) is 3.17. The number of carboxylic acids is 1. The second-order valence-electron chi connectivity index (χ2n) is 9.47. The Morgan fingerprint density at radius 3 is 2.86 bits per heavy atom. The van der Waals surface area contributed by atoms with Crippen molar-refractivity contribution >= 4 is 17.8 Å². The quantitative estimate of drug-likeness (QED) is 0.377. The van der Waals surface area contributed by atoms with E-state index in [4.69, 9.17) is 19.3 Å². The van der Waals surface area contributed by atoms with Crippen LogP contribution < -0.4 is 14.8 Å². The van der Waals surface area contributed by atoms with Gasteiger partial charge in [-0.1, -0.05) is 6.07 Å². The third-order valence-corrected chi connectivity index (χ3v) is 7.79. The average molecular weight is 485 g/mol. The first kappa shape index (κ1) is 23.4. The smallest absolute Gasteiger partial charge is 0.336 e. The molecule has 0 radical (unpaired) electrons. The summed E-state index contributed by atoms with van der Waals surface area (Å²) in [5.74, 6) is -0.959. The number of carbonyl (C=O) groups is 3. The highest BCUT2D eigenvalue weighted by atomic mass is 16.6. The standard InChI is InChI=1S/C25H28N2O8/c1-27-12-10-24-21-14-3-4-15(33-2)22(21)35-23(24)16(7-9-25(24,32)17(27)13-14)34-20(31)6-5-18(28)26-11-8-19(29)30/h3-7,17,23,32H,8-13H2,1-2H3,(H,26,28)(H,29,30)/b6-5+/t17-,23?,24?,25-/m1/s1. The van der Waals surface area contributed by atoms with E-state index in [-0.39, 0.29) is 19.0 Å². The number of nitrogens with zero attached hydrogens (tertiary/aromatic N) is 1. The van der Waals surface area contributed by atoms with E-state index in [1.807, 2.05) is 19.2 Å². The highest BCUT2D eigenvalue weighted by molar-refractivity contribution is 5.95. The molecule has 1 saturated heterocycles. The molecule has 3 N–H and O–H groups in total. The Hall–Kier alpha value is -3.37. The number of benzene rings is 1. The number of aliphatic carboxylic acids is 1. The van der Waals surface area contributed by atoms with E-state index in [1.165, 1.54) is 0 Å². The minimum absolute atomic E-state index is 0.0479. The van der Waals surface area contributed by atoms with Gasteiger partial charge in [0.05, 0.1) is 24.5 Å². The number of nitrogens with one attached hydrogen (secondary N) is 1. The minimum atomic E-state index is -1.11. The van der Waals surface area contributed by atoms with Crippen LogP contribution in [0.3, 0.4) is 0 Å². The molecule has 2 bridgehead atoms. The third kappa shape index (κ3) is 3.42. The number of piperidine rings is 1. The summed E-state index contributed by atoms with van der Waals surface area (Å²) in [5, 5.41) is 23.2. The van der Waals surface area contributed by atoms with Gasteiger partial charge in [-0.2, -0.15) is 0 Å². The van der Waals surface area contributed by atoms with E-state index < -0.39 is 35.0 Å². The number of ether oxygens (including phenoxy) is 3. The molecule has 1 aromatic rings. The number of aliphatic hydroxyl groups is 1. The van der Waals surface area contributed by atoms with Gasteiger partial charge in [0.25, 0.3) is 0 Å². The van der Waals surface area contributed by atoms with Gasteiger partial charge in [0.1, 0.15) is 5.76 Å². The summed E-state index contributed by atoms with van der Waals surface area (Å²) in [7, 11) is 3.58. The van der Waals surface area contributed by atoms with Crippen molar-refractivity contribution in [1.29, 1.82) is 0 Å². The van der Waals surface area contributed by atoms with Crippen molar-refractivity contribution in [2.45, 2.75) is 48.8 Å². The van der Waals surface area contributed by atoms with Gasteiger partial charge in [-0.15, -0.1) is 0 Å². The summed E-state index contributed by atoms with van der Waals surface area (Å²) in [6, 6.07) is 3.77. The zero-order chi connectivity index (χ0) is 25.0. The van der Waals surface area contributed by atoms with Gasteiger partial charge >= 0.3 is 11.9 Å². The molecule has 2 aliphatic carbocycles. The van der Waals surface area contributed by atoms with Crippen molar-refractivity contribution in [3.63, 3.8) is 0 Å². The lowest BCUT2D eigenvalue weighted by atomic mass is 9.50. The summed E-state index contributed by atoms with van der Waals surface area (Å²) in [5.41, 5.74) is 0.133. The molecular weight excluding hydrogens is 456 g/mol. The number of methoxy groups -OCH3 is 1. The van der Waals surface area contributed by atoms with Crippen molar-refractivity contribution in [2.24, 2.45) is 0 Å². The number of likely N-dealkylation sites (tertiary alicyclic amines) is 1. The Bertz CT molecular complexity index is 1160. The molecule has 4 atom stereocenters. The van der Waals surface area contributed by atoms with E-state index in [0.717, 1.165) is 29.8 Å². The van der Waals surface area contributed by atoms with Crippen molar-refractivity contribution in [3.05, 3.63) is 47.2 Å². The molecule has 1 aromatic carbocycles. The zero-order valence-electron chi connectivity index (χ0n) is 19.6. The molecular formula is C25H28N2O8. The maximum Gasteiger partial charge on any atom is 0.336 e. The summed E-state index contributed by atoms with van der Waals surface area (Å²) in [6.45, 7) is 0.703. The molecule has 4 aliphatic rings. The second-order valence-corrected chi connectivity index (χ2v) is 9.47. The van der Waals surface area contributed by atoms with Gasteiger partial charge in [-0.3, -0.25) is 9.59 Å². The van der Waals surface area contributed by atoms with E-state index in [0.29, 0.717) is 36.5 Å². The van der Waals surface area contributed by atoms with Crippen LogP contribution in [-0.4, -0.2) is 78.0 Å². The van der Waals surface area contributed by atoms with Crippen molar-refractivity contribution < 1.29 is 38.8 Å². The van der Waals surface area contributed by atoms with Crippen molar-refractivity contribution in [1.82, 2.24) is 10.2 Å². The van der Waals surface area contributed by atoms with Crippen LogP contribution in [0.25, 0.3) is 0 Å². The number of hydrogen-bond acceptors (Lipinski definition) is 8. The lowest BCUT2D eigenvalue weighted by molar-refractivity contribution is -0.168. The number of carboxylic acid groups (broad SMARTS) is 1. The van der Waals surface area contributed by atoms with Crippen molar-refractivity contribution in [2.75, 3.05) is 27.2 Å². The van der Waals surface area contributed by atoms with Gasteiger partial charge in [0.2, 0.25) is 5.91 Å². The number of rotatable bonds is 7. The summed E-state index contributed by atoms with van der Waals surface area (Å²) in [6.07, 6.45) is 4.34.